The van der Waals surface area contributed by atoms with Crippen LogP contribution in [0.15, 0.2) is 24.5 Å². The Kier molecular flexibility index (Phi) is 4.34. The summed E-state index contributed by atoms with van der Waals surface area (Å²) in [5, 5.41) is 3.41. The van der Waals surface area contributed by atoms with Gasteiger partial charge in [0.15, 0.2) is 5.82 Å². The maximum Gasteiger partial charge on any atom is 0.303 e. The third kappa shape index (κ3) is 3.33. The van der Waals surface area contributed by atoms with Crippen molar-refractivity contribution in [3.05, 3.63) is 36.0 Å². The second-order valence-corrected chi connectivity index (χ2v) is 7.02. The lowest BCUT2D eigenvalue weighted by Gasteiger charge is -2.28. The van der Waals surface area contributed by atoms with E-state index in [0.717, 1.165) is 17.8 Å². The average molecular weight is 387 g/mol. The van der Waals surface area contributed by atoms with E-state index in [2.05, 4.69) is 20.3 Å². The Hall–Kier alpha value is -2.94. The number of aromatic nitrogens is 4. The van der Waals surface area contributed by atoms with Gasteiger partial charge in [-0.15, -0.1) is 0 Å². The number of rotatable bonds is 4. The predicted molar refractivity (Wildman–Crippen MR) is 99.2 cm³/mol. The van der Waals surface area contributed by atoms with E-state index in [1.807, 2.05) is 10.8 Å². The fourth-order valence-electron chi connectivity index (χ4n) is 3.19. The zero-order valence-electron chi connectivity index (χ0n) is 15.7. The molecule has 0 unspecified atom stereocenters. The van der Waals surface area contributed by atoms with Crippen LogP contribution >= 0.6 is 0 Å². The SMILES string of the molecule is CC(=O)Nc1cc2c(-c3cc(C)nc(C(C)(F)F)n3)cn(C3COC3)c2cn1. The van der Waals surface area contributed by atoms with Gasteiger partial charge in [-0.1, -0.05) is 0 Å². The monoisotopic (exact) mass is 387 g/mol. The minimum absolute atomic E-state index is 0.139. The Morgan fingerprint density at radius 1 is 1.32 bits per heavy atom. The fraction of sp³-hybridized carbons (Fsp3) is 0.368. The molecule has 7 nitrogen and oxygen atoms in total. The van der Waals surface area contributed by atoms with Crippen molar-refractivity contribution in [2.45, 2.75) is 32.7 Å². The first-order valence-corrected chi connectivity index (χ1v) is 8.82. The number of fused-ring (bicyclic) bond motifs is 1. The highest BCUT2D eigenvalue weighted by Crippen LogP contribution is 2.35. The number of halogens is 2. The first-order valence-electron chi connectivity index (χ1n) is 8.82. The van der Waals surface area contributed by atoms with E-state index < -0.39 is 11.7 Å². The first kappa shape index (κ1) is 18.4. The molecular weight excluding hydrogens is 368 g/mol. The molecule has 1 N–H and O–H groups in total. The quantitative estimate of drug-likeness (QED) is 0.742. The minimum atomic E-state index is -3.15. The third-order valence-electron chi connectivity index (χ3n) is 4.56. The van der Waals surface area contributed by atoms with Gasteiger partial charge in [-0.3, -0.25) is 4.79 Å². The van der Waals surface area contributed by atoms with Gasteiger partial charge in [-0.05, 0) is 19.1 Å². The zero-order valence-corrected chi connectivity index (χ0v) is 15.7. The predicted octanol–water partition coefficient (Wildman–Crippen LogP) is 3.44. The molecule has 0 aromatic carbocycles. The number of aryl methyl sites for hydroxylation is 1. The molecule has 3 aromatic rings. The van der Waals surface area contributed by atoms with Gasteiger partial charge < -0.3 is 14.6 Å². The summed E-state index contributed by atoms with van der Waals surface area (Å²) < 4.78 is 35.0. The van der Waals surface area contributed by atoms with Gasteiger partial charge in [0.05, 0.1) is 36.7 Å². The fourth-order valence-corrected chi connectivity index (χ4v) is 3.19. The van der Waals surface area contributed by atoms with Crippen LogP contribution in [-0.4, -0.2) is 38.6 Å². The maximum absolute atomic E-state index is 13.8. The van der Waals surface area contributed by atoms with Gasteiger partial charge in [0.25, 0.3) is 0 Å². The molecule has 4 heterocycles. The van der Waals surface area contributed by atoms with Crippen LogP contribution in [0.25, 0.3) is 22.2 Å². The number of amides is 1. The number of carbonyl (C=O) groups excluding carboxylic acids is 1. The molecule has 1 fully saturated rings. The second-order valence-electron chi connectivity index (χ2n) is 7.02. The van der Waals surface area contributed by atoms with Gasteiger partial charge in [0, 0.05) is 36.7 Å². The number of nitrogens with zero attached hydrogens (tertiary/aromatic N) is 4. The van der Waals surface area contributed by atoms with E-state index in [1.165, 1.54) is 6.92 Å². The topological polar surface area (TPSA) is 81.9 Å². The molecule has 1 aliphatic rings. The standard InChI is InChI=1S/C19H19F2N5O2/c1-10-4-15(25-18(23-10)19(3,20)21)14-7-26(12-8-28-9-12)16-6-22-17(5-13(14)16)24-11(2)27/h4-7,12H,8-9H2,1-3H3,(H,22,24,27). The number of carbonyl (C=O) groups is 1. The van der Waals surface area contributed by atoms with Crippen molar-refractivity contribution in [1.29, 1.82) is 0 Å². The van der Waals surface area contributed by atoms with E-state index in [9.17, 15) is 13.6 Å². The summed E-state index contributed by atoms with van der Waals surface area (Å²) in [6.07, 6.45) is 3.53. The van der Waals surface area contributed by atoms with E-state index in [-0.39, 0.29) is 11.9 Å². The van der Waals surface area contributed by atoms with Crippen molar-refractivity contribution in [3.63, 3.8) is 0 Å². The van der Waals surface area contributed by atoms with Crippen LogP contribution in [0.5, 0.6) is 0 Å². The van der Waals surface area contributed by atoms with Gasteiger partial charge in [-0.2, -0.15) is 8.78 Å². The molecule has 0 saturated carbocycles. The Morgan fingerprint density at radius 3 is 2.68 bits per heavy atom. The van der Waals surface area contributed by atoms with E-state index in [4.69, 9.17) is 4.74 Å². The molecule has 0 radical (unpaired) electrons. The number of ether oxygens (including phenoxy) is 1. The Balaban J connectivity index is 1.92. The third-order valence-corrected chi connectivity index (χ3v) is 4.56. The number of pyridine rings is 1. The molecule has 1 saturated heterocycles. The lowest BCUT2D eigenvalue weighted by Crippen LogP contribution is -2.30. The second kappa shape index (κ2) is 6.59. The number of hydrogen-bond acceptors (Lipinski definition) is 5. The Bertz CT molecular complexity index is 1070. The van der Waals surface area contributed by atoms with Gasteiger partial charge >= 0.3 is 5.92 Å². The molecule has 4 rings (SSSR count). The molecule has 0 aliphatic carbocycles. The summed E-state index contributed by atoms with van der Waals surface area (Å²) in [5.74, 6) is -3.53. The van der Waals surface area contributed by atoms with Crippen LogP contribution in [0.4, 0.5) is 14.6 Å². The molecule has 0 spiro atoms. The van der Waals surface area contributed by atoms with Crippen LogP contribution in [-0.2, 0) is 15.5 Å². The van der Waals surface area contributed by atoms with Crippen molar-refractivity contribution >= 4 is 22.6 Å². The number of hydrogen-bond donors (Lipinski definition) is 1. The van der Waals surface area contributed by atoms with Crippen LogP contribution in [0, 0.1) is 6.92 Å². The molecule has 3 aromatic heterocycles. The highest BCUT2D eigenvalue weighted by atomic mass is 19.3. The van der Waals surface area contributed by atoms with Crippen molar-refractivity contribution in [2.75, 3.05) is 18.5 Å². The highest BCUT2D eigenvalue weighted by Gasteiger charge is 2.30. The van der Waals surface area contributed by atoms with Crippen LogP contribution in [0.3, 0.4) is 0 Å². The zero-order chi connectivity index (χ0) is 20.1. The average Bonchev–Trinajstić information content (AvgIpc) is 2.90. The Labute approximate surface area is 159 Å². The van der Waals surface area contributed by atoms with Crippen molar-refractivity contribution < 1.29 is 18.3 Å². The first-order chi connectivity index (χ1) is 13.2. The van der Waals surface area contributed by atoms with Crippen LogP contribution in [0.2, 0.25) is 0 Å². The Morgan fingerprint density at radius 2 is 2.07 bits per heavy atom. The lowest BCUT2D eigenvalue weighted by molar-refractivity contribution is -0.114. The number of alkyl halides is 2. The summed E-state index contributed by atoms with van der Waals surface area (Å²) >= 11 is 0. The lowest BCUT2D eigenvalue weighted by atomic mass is 10.1. The molecule has 9 heteroatoms. The molecule has 146 valence electrons. The molecule has 0 bridgehead atoms. The van der Waals surface area contributed by atoms with Crippen LogP contribution < -0.4 is 5.32 Å². The van der Waals surface area contributed by atoms with E-state index in [1.54, 1.807) is 25.3 Å². The largest absolute Gasteiger partial charge is 0.377 e. The van der Waals surface area contributed by atoms with Crippen molar-refractivity contribution in [1.82, 2.24) is 19.5 Å². The normalized spacial score (nSPS) is 14.9. The smallest absolute Gasteiger partial charge is 0.303 e. The summed E-state index contributed by atoms with van der Waals surface area (Å²) in [6.45, 7) is 4.96. The molecule has 0 atom stereocenters. The van der Waals surface area contributed by atoms with Gasteiger partial charge in [0.2, 0.25) is 5.91 Å². The van der Waals surface area contributed by atoms with Gasteiger partial charge in [0.1, 0.15) is 5.82 Å². The van der Waals surface area contributed by atoms with Crippen molar-refractivity contribution in [2.24, 2.45) is 0 Å². The van der Waals surface area contributed by atoms with E-state index in [0.29, 0.717) is 36.0 Å². The minimum Gasteiger partial charge on any atom is -0.377 e. The van der Waals surface area contributed by atoms with Crippen LogP contribution in [0.1, 0.15) is 31.4 Å². The summed E-state index contributed by atoms with van der Waals surface area (Å²) in [7, 11) is 0. The number of anilines is 1. The molecule has 1 aliphatic heterocycles. The van der Waals surface area contributed by atoms with E-state index >= 15 is 0 Å². The number of nitrogens with one attached hydrogen (secondary N) is 1. The van der Waals surface area contributed by atoms with Gasteiger partial charge in [-0.25, -0.2) is 15.0 Å². The molecule has 28 heavy (non-hydrogen) atoms. The summed E-state index contributed by atoms with van der Waals surface area (Å²) in [6, 6.07) is 3.53. The summed E-state index contributed by atoms with van der Waals surface area (Å²) in [4.78, 5) is 23.7. The maximum atomic E-state index is 13.8. The molecule has 1 amide bonds. The van der Waals surface area contributed by atoms with Crippen molar-refractivity contribution in [3.8, 4) is 11.3 Å². The summed E-state index contributed by atoms with van der Waals surface area (Å²) in [5.41, 5.74) is 2.34. The highest BCUT2D eigenvalue weighted by molar-refractivity contribution is 5.98. The molecular formula is C19H19F2N5O2.